The molecule has 0 N–H and O–H groups in total. The van der Waals surface area contributed by atoms with Crippen molar-refractivity contribution in [1.82, 2.24) is 9.78 Å². The highest BCUT2D eigenvalue weighted by atomic mass is 79.9. The van der Waals surface area contributed by atoms with Gasteiger partial charge < -0.3 is 0 Å². The van der Waals surface area contributed by atoms with E-state index in [1.807, 2.05) is 41.1 Å². The second kappa shape index (κ2) is 4.75. The van der Waals surface area contributed by atoms with Crippen LogP contribution in [0.4, 0.5) is 0 Å². The Kier molecular flexibility index (Phi) is 3.10. The van der Waals surface area contributed by atoms with Crippen LogP contribution in [-0.2, 0) is 6.54 Å². The number of nitrogens with zero attached hydrogens (tertiary/aromatic N) is 2. The maximum absolute atomic E-state index is 6.20. The second-order valence-electron chi connectivity index (χ2n) is 4.07. The largest absolute Gasteiger partial charge is 0.259 e. The molecular formula is C14H10BrClN2. The number of aromatic nitrogens is 2. The van der Waals surface area contributed by atoms with Crippen molar-refractivity contribution in [3.05, 3.63) is 63.7 Å². The third-order valence-electron chi connectivity index (χ3n) is 2.86. The molecule has 0 radical (unpaired) electrons. The van der Waals surface area contributed by atoms with Gasteiger partial charge >= 0.3 is 0 Å². The zero-order valence-corrected chi connectivity index (χ0v) is 11.8. The third-order valence-corrected chi connectivity index (χ3v) is 3.73. The average Bonchev–Trinajstić information content (AvgIpc) is 2.69. The molecule has 3 aromatic rings. The van der Waals surface area contributed by atoms with Crippen molar-refractivity contribution in [2.45, 2.75) is 6.54 Å². The summed E-state index contributed by atoms with van der Waals surface area (Å²) in [6.45, 7) is 0.739. The van der Waals surface area contributed by atoms with Gasteiger partial charge in [-0.25, -0.2) is 0 Å². The van der Waals surface area contributed by atoms with Gasteiger partial charge in [0.25, 0.3) is 0 Å². The van der Waals surface area contributed by atoms with Crippen molar-refractivity contribution in [3.8, 4) is 0 Å². The molecule has 0 aliphatic rings. The van der Waals surface area contributed by atoms with Crippen molar-refractivity contribution in [2.24, 2.45) is 0 Å². The minimum absolute atomic E-state index is 0.721. The lowest BCUT2D eigenvalue weighted by atomic mass is 10.2. The molecule has 3 rings (SSSR count). The number of benzene rings is 2. The molecule has 18 heavy (non-hydrogen) atoms. The van der Waals surface area contributed by atoms with Gasteiger partial charge in [0.05, 0.1) is 22.5 Å². The van der Waals surface area contributed by atoms with Crippen molar-refractivity contribution in [1.29, 1.82) is 0 Å². The first-order chi connectivity index (χ1) is 8.75. The van der Waals surface area contributed by atoms with Crippen LogP contribution in [0.1, 0.15) is 5.56 Å². The number of rotatable bonds is 2. The summed E-state index contributed by atoms with van der Waals surface area (Å²) < 4.78 is 2.75. The molecule has 2 nitrogen and oxygen atoms in total. The Labute approximate surface area is 118 Å². The topological polar surface area (TPSA) is 17.8 Å². The molecule has 0 spiro atoms. The van der Waals surface area contributed by atoms with Crippen molar-refractivity contribution >= 4 is 38.4 Å². The second-order valence-corrected chi connectivity index (χ2v) is 5.23. The highest BCUT2D eigenvalue weighted by molar-refractivity contribution is 9.10. The summed E-state index contributed by atoms with van der Waals surface area (Å²) in [5, 5.41) is 6.18. The molecule has 0 unspecified atom stereocenters. The zero-order chi connectivity index (χ0) is 12.5. The number of halogens is 2. The van der Waals surface area contributed by atoms with Gasteiger partial charge in [-0.15, -0.1) is 0 Å². The molecule has 1 heterocycles. The van der Waals surface area contributed by atoms with Crippen LogP contribution in [0, 0.1) is 0 Å². The first-order valence-electron chi connectivity index (χ1n) is 5.60. The van der Waals surface area contributed by atoms with Crippen molar-refractivity contribution in [2.75, 3.05) is 0 Å². The number of hydrogen-bond acceptors (Lipinski definition) is 1. The van der Waals surface area contributed by atoms with Crippen LogP contribution in [0.5, 0.6) is 0 Å². The van der Waals surface area contributed by atoms with Crippen LogP contribution >= 0.6 is 27.5 Å². The van der Waals surface area contributed by atoms with Gasteiger partial charge in [-0.1, -0.05) is 48.0 Å². The molecule has 0 saturated heterocycles. The molecule has 2 aromatic carbocycles. The summed E-state index contributed by atoms with van der Waals surface area (Å²) in [7, 11) is 0. The minimum Gasteiger partial charge on any atom is -0.259 e. The van der Waals surface area contributed by atoms with E-state index in [4.69, 9.17) is 11.6 Å². The van der Waals surface area contributed by atoms with E-state index in [9.17, 15) is 0 Å². The molecule has 0 bridgehead atoms. The van der Waals surface area contributed by atoms with E-state index in [0.717, 1.165) is 27.1 Å². The molecule has 0 aliphatic carbocycles. The Hall–Kier alpha value is -1.32. The lowest BCUT2D eigenvalue weighted by Gasteiger charge is -2.03. The fourth-order valence-corrected chi connectivity index (χ4v) is 3.00. The lowest BCUT2D eigenvalue weighted by Crippen LogP contribution is -2.01. The summed E-state index contributed by atoms with van der Waals surface area (Å²) in [5.41, 5.74) is 2.26. The maximum Gasteiger partial charge on any atom is 0.137 e. The molecule has 0 atom stereocenters. The lowest BCUT2D eigenvalue weighted by molar-refractivity contribution is 0.706. The molecule has 90 valence electrons. The number of fused-ring (bicyclic) bond motifs is 1. The van der Waals surface area contributed by atoms with E-state index in [1.54, 1.807) is 0 Å². The zero-order valence-electron chi connectivity index (χ0n) is 9.48. The van der Waals surface area contributed by atoms with E-state index >= 15 is 0 Å². The van der Waals surface area contributed by atoms with Gasteiger partial charge in [-0.05, 0) is 33.6 Å². The Morgan fingerprint density at radius 3 is 2.61 bits per heavy atom. The molecule has 1 aromatic heterocycles. The quantitative estimate of drug-likeness (QED) is 0.679. The third kappa shape index (κ3) is 2.04. The predicted octanol–water partition coefficient (Wildman–Crippen LogP) is 4.50. The first-order valence-corrected chi connectivity index (χ1v) is 6.77. The predicted molar refractivity (Wildman–Crippen MR) is 78.0 cm³/mol. The van der Waals surface area contributed by atoms with Crippen LogP contribution in [0.25, 0.3) is 10.9 Å². The van der Waals surface area contributed by atoms with Gasteiger partial charge in [-0.2, -0.15) is 5.10 Å². The van der Waals surface area contributed by atoms with Gasteiger partial charge in [0.1, 0.15) is 4.60 Å². The normalized spacial score (nSPS) is 11.0. The summed E-state index contributed by atoms with van der Waals surface area (Å²) in [6, 6.07) is 16.1. The monoisotopic (exact) mass is 320 g/mol. The molecule has 0 amide bonds. The Bertz CT molecular complexity index is 692. The Morgan fingerprint density at radius 2 is 1.83 bits per heavy atom. The highest BCUT2D eigenvalue weighted by Gasteiger charge is 2.11. The van der Waals surface area contributed by atoms with E-state index in [0.29, 0.717) is 0 Å². The smallest absolute Gasteiger partial charge is 0.137 e. The Morgan fingerprint density at radius 1 is 1.06 bits per heavy atom. The molecule has 0 saturated carbocycles. The summed E-state index contributed by atoms with van der Waals surface area (Å²) in [4.78, 5) is 0. The highest BCUT2D eigenvalue weighted by Crippen LogP contribution is 2.30. The molecule has 0 fully saturated rings. The summed E-state index contributed by atoms with van der Waals surface area (Å²) >= 11 is 9.66. The minimum atomic E-state index is 0.721. The van der Waals surface area contributed by atoms with Crippen LogP contribution in [0.15, 0.2) is 53.1 Å². The average molecular weight is 322 g/mol. The fraction of sp³-hybridized carbons (Fsp3) is 0.0714. The van der Waals surface area contributed by atoms with E-state index < -0.39 is 0 Å². The van der Waals surface area contributed by atoms with Crippen molar-refractivity contribution < 1.29 is 0 Å². The van der Waals surface area contributed by atoms with Crippen LogP contribution in [-0.4, -0.2) is 9.78 Å². The van der Waals surface area contributed by atoms with E-state index in [-0.39, 0.29) is 0 Å². The molecular weight excluding hydrogens is 312 g/mol. The number of hydrogen-bond donors (Lipinski definition) is 0. The van der Waals surface area contributed by atoms with Crippen molar-refractivity contribution in [3.63, 3.8) is 0 Å². The Balaban J connectivity index is 2.11. The van der Waals surface area contributed by atoms with Crippen LogP contribution in [0.3, 0.4) is 0 Å². The van der Waals surface area contributed by atoms with E-state index in [2.05, 4.69) is 33.2 Å². The van der Waals surface area contributed by atoms with Crippen LogP contribution in [0.2, 0.25) is 5.02 Å². The van der Waals surface area contributed by atoms with Gasteiger partial charge in [0.15, 0.2) is 0 Å². The van der Waals surface area contributed by atoms with Crippen LogP contribution < -0.4 is 0 Å². The standard InChI is InChI=1S/C14H10BrClN2/c15-14-13-11(16)7-4-8-12(13)18(17-14)9-10-5-2-1-3-6-10/h1-8H,9H2. The molecule has 0 aliphatic heterocycles. The summed E-state index contributed by atoms with van der Waals surface area (Å²) in [5.74, 6) is 0. The van der Waals surface area contributed by atoms with E-state index in [1.165, 1.54) is 5.56 Å². The van der Waals surface area contributed by atoms with Gasteiger partial charge in [-0.3, -0.25) is 4.68 Å². The maximum atomic E-state index is 6.20. The van der Waals surface area contributed by atoms with Gasteiger partial charge in [0, 0.05) is 0 Å². The first kappa shape index (κ1) is 11.8. The summed E-state index contributed by atoms with van der Waals surface area (Å²) in [6.07, 6.45) is 0. The van der Waals surface area contributed by atoms with Gasteiger partial charge in [0.2, 0.25) is 0 Å². The fourth-order valence-electron chi connectivity index (χ4n) is 2.02. The molecule has 4 heteroatoms. The SMILES string of the molecule is Clc1cccc2c1c(Br)nn2Cc1ccccc1.